The minimum atomic E-state index is -1.06. The van der Waals surface area contributed by atoms with Crippen molar-refractivity contribution in [1.82, 2.24) is 0 Å². The Kier molecular flexibility index (Phi) is 8.14. The number of aromatic carboxylic acids is 1. The number of anilines is 2. The molecule has 0 aromatic heterocycles. The summed E-state index contributed by atoms with van der Waals surface area (Å²) >= 11 is 1.27. The first-order valence-electron chi connectivity index (χ1n) is 11.3. The van der Waals surface area contributed by atoms with E-state index in [1.165, 1.54) is 60.3 Å². The van der Waals surface area contributed by atoms with Crippen LogP contribution in [0.25, 0.3) is 0 Å². The summed E-state index contributed by atoms with van der Waals surface area (Å²) in [5, 5.41) is 25.0. The molecule has 0 spiro atoms. The Morgan fingerprint density at radius 1 is 0.763 bits per heavy atom. The number of carbonyl (C=O) groups is 3. The molecule has 0 radical (unpaired) electrons. The molecule has 4 rings (SSSR count). The van der Waals surface area contributed by atoms with Crippen LogP contribution < -0.4 is 10.6 Å². The van der Waals surface area contributed by atoms with Crippen molar-refractivity contribution < 1.29 is 24.4 Å². The van der Waals surface area contributed by atoms with Gasteiger partial charge in [0.1, 0.15) is 5.25 Å². The standard InChI is InChI=1S/C28H21N3O6S/c32-26(20-8-4-10-23(16-20)31(36)37)30-22-9-5-11-24(17-22)38-25(18-6-2-1-3-7-18)27(33)29-21-14-12-19(13-15-21)28(34)35/h1-17,25H,(H,29,33)(H,30,32)(H,34,35). The van der Waals surface area contributed by atoms with E-state index in [2.05, 4.69) is 10.6 Å². The number of benzene rings is 4. The second-order valence-electron chi connectivity index (χ2n) is 8.07. The second-order valence-corrected chi connectivity index (χ2v) is 9.25. The number of nitro benzene ring substituents is 1. The Morgan fingerprint density at radius 3 is 2.16 bits per heavy atom. The van der Waals surface area contributed by atoms with Gasteiger partial charge in [-0.05, 0) is 54.1 Å². The summed E-state index contributed by atoms with van der Waals surface area (Å²) in [6, 6.07) is 27.4. The molecule has 2 amide bonds. The highest BCUT2D eigenvalue weighted by atomic mass is 32.2. The molecule has 0 saturated carbocycles. The van der Waals surface area contributed by atoms with Gasteiger partial charge in [0, 0.05) is 34.0 Å². The number of rotatable bonds is 9. The zero-order valence-corrected chi connectivity index (χ0v) is 20.6. The van der Waals surface area contributed by atoms with Crippen LogP contribution in [0.4, 0.5) is 17.1 Å². The van der Waals surface area contributed by atoms with Gasteiger partial charge in [-0.25, -0.2) is 4.79 Å². The molecule has 3 N–H and O–H groups in total. The zero-order valence-electron chi connectivity index (χ0n) is 19.7. The lowest BCUT2D eigenvalue weighted by Gasteiger charge is -2.18. The number of carboxylic acid groups (broad SMARTS) is 1. The molecule has 4 aromatic rings. The van der Waals surface area contributed by atoms with Crippen LogP contribution in [0.5, 0.6) is 0 Å². The minimum Gasteiger partial charge on any atom is -0.478 e. The van der Waals surface area contributed by atoms with E-state index in [0.29, 0.717) is 16.3 Å². The van der Waals surface area contributed by atoms with Crippen molar-refractivity contribution >= 4 is 46.6 Å². The Bertz CT molecular complexity index is 1490. The lowest BCUT2D eigenvalue weighted by atomic mass is 10.1. The summed E-state index contributed by atoms with van der Waals surface area (Å²) in [6.45, 7) is 0. The van der Waals surface area contributed by atoms with Crippen LogP contribution in [0.15, 0.2) is 108 Å². The summed E-state index contributed by atoms with van der Waals surface area (Å²) in [5.74, 6) is -1.87. The van der Waals surface area contributed by atoms with E-state index in [-0.39, 0.29) is 22.7 Å². The van der Waals surface area contributed by atoms with Crippen molar-refractivity contribution in [2.75, 3.05) is 10.6 Å². The maximum absolute atomic E-state index is 13.3. The number of non-ortho nitro benzene ring substituents is 1. The van der Waals surface area contributed by atoms with E-state index in [0.717, 1.165) is 5.56 Å². The maximum atomic E-state index is 13.3. The third kappa shape index (κ3) is 6.62. The Balaban J connectivity index is 1.53. The first-order valence-corrected chi connectivity index (χ1v) is 12.2. The van der Waals surface area contributed by atoms with Crippen molar-refractivity contribution in [2.24, 2.45) is 0 Å². The van der Waals surface area contributed by atoms with Crippen molar-refractivity contribution in [3.63, 3.8) is 0 Å². The highest BCUT2D eigenvalue weighted by Crippen LogP contribution is 2.37. The maximum Gasteiger partial charge on any atom is 0.335 e. The molecule has 9 nitrogen and oxygen atoms in total. The van der Waals surface area contributed by atoms with E-state index in [1.54, 1.807) is 24.3 Å². The number of nitrogens with one attached hydrogen (secondary N) is 2. The Hall–Kier alpha value is -4.96. The third-order valence-corrected chi connectivity index (χ3v) is 6.65. The van der Waals surface area contributed by atoms with Gasteiger partial charge in [0.25, 0.3) is 11.6 Å². The summed E-state index contributed by atoms with van der Waals surface area (Å²) in [7, 11) is 0. The molecule has 0 heterocycles. The highest BCUT2D eigenvalue weighted by molar-refractivity contribution is 8.00. The number of carboxylic acids is 1. The first kappa shape index (κ1) is 26.1. The monoisotopic (exact) mass is 527 g/mol. The quantitative estimate of drug-likeness (QED) is 0.137. The lowest BCUT2D eigenvalue weighted by molar-refractivity contribution is -0.384. The number of hydrogen-bond acceptors (Lipinski definition) is 6. The average molecular weight is 528 g/mol. The second kappa shape index (κ2) is 11.8. The summed E-state index contributed by atoms with van der Waals surface area (Å²) in [4.78, 5) is 48.2. The molecule has 1 atom stereocenters. The van der Waals surface area contributed by atoms with Crippen LogP contribution in [0.1, 0.15) is 31.5 Å². The molecular weight excluding hydrogens is 506 g/mol. The lowest BCUT2D eigenvalue weighted by Crippen LogP contribution is -2.19. The summed E-state index contributed by atoms with van der Waals surface area (Å²) < 4.78 is 0. The van der Waals surface area contributed by atoms with Gasteiger partial charge in [-0.1, -0.05) is 42.5 Å². The molecule has 0 aliphatic rings. The van der Waals surface area contributed by atoms with Gasteiger partial charge in [-0.2, -0.15) is 0 Å². The van der Waals surface area contributed by atoms with Crippen molar-refractivity contribution in [3.05, 3.63) is 130 Å². The molecule has 4 aromatic carbocycles. The number of thioether (sulfide) groups is 1. The number of hydrogen-bond donors (Lipinski definition) is 3. The fourth-order valence-electron chi connectivity index (χ4n) is 3.55. The van der Waals surface area contributed by atoms with Crippen molar-refractivity contribution in [3.8, 4) is 0 Å². The van der Waals surface area contributed by atoms with Gasteiger partial charge in [-0.15, -0.1) is 11.8 Å². The normalized spacial score (nSPS) is 11.3. The average Bonchev–Trinajstić information content (AvgIpc) is 2.92. The van der Waals surface area contributed by atoms with Crippen molar-refractivity contribution in [2.45, 2.75) is 10.1 Å². The molecule has 190 valence electrons. The largest absolute Gasteiger partial charge is 0.478 e. The number of nitro groups is 1. The van der Waals surface area contributed by atoms with Gasteiger partial charge in [-0.3, -0.25) is 19.7 Å². The topological polar surface area (TPSA) is 139 Å². The van der Waals surface area contributed by atoms with Crippen LogP contribution >= 0.6 is 11.8 Å². The highest BCUT2D eigenvalue weighted by Gasteiger charge is 2.23. The predicted molar refractivity (Wildman–Crippen MR) is 145 cm³/mol. The Labute approximate surface area is 221 Å². The van der Waals surface area contributed by atoms with Gasteiger partial charge >= 0.3 is 5.97 Å². The van der Waals surface area contributed by atoms with Crippen LogP contribution in [-0.4, -0.2) is 27.8 Å². The smallest absolute Gasteiger partial charge is 0.335 e. The summed E-state index contributed by atoms with van der Waals surface area (Å²) in [6.07, 6.45) is 0. The minimum absolute atomic E-state index is 0.112. The molecule has 0 saturated heterocycles. The zero-order chi connectivity index (χ0) is 27.1. The van der Waals surface area contributed by atoms with Crippen LogP contribution in [-0.2, 0) is 4.79 Å². The fraction of sp³-hybridized carbons (Fsp3) is 0.0357. The van der Waals surface area contributed by atoms with E-state index >= 15 is 0 Å². The van der Waals surface area contributed by atoms with Crippen LogP contribution in [0.3, 0.4) is 0 Å². The number of carbonyl (C=O) groups excluding carboxylic acids is 2. The SMILES string of the molecule is O=C(O)c1ccc(NC(=O)C(Sc2cccc(NC(=O)c3cccc([N+](=O)[O-])c3)c2)c2ccccc2)cc1. The van der Waals surface area contributed by atoms with E-state index in [4.69, 9.17) is 5.11 Å². The predicted octanol–water partition coefficient (Wildman–Crippen LogP) is 6.02. The first-order chi connectivity index (χ1) is 18.3. The van der Waals surface area contributed by atoms with Gasteiger partial charge in [0.2, 0.25) is 5.91 Å². The van der Waals surface area contributed by atoms with Gasteiger partial charge in [0.15, 0.2) is 0 Å². The molecule has 10 heteroatoms. The molecule has 38 heavy (non-hydrogen) atoms. The van der Waals surface area contributed by atoms with Gasteiger partial charge < -0.3 is 15.7 Å². The molecule has 0 fully saturated rings. The molecular formula is C28H21N3O6S. The van der Waals surface area contributed by atoms with Crippen LogP contribution in [0, 0.1) is 10.1 Å². The van der Waals surface area contributed by atoms with E-state index in [1.807, 2.05) is 30.3 Å². The Morgan fingerprint density at radius 2 is 1.47 bits per heavy atom. The number of nitrogens with zero attached hydrogens (tertiary/aromatic N) is 1. The van der Waals surface area contributed by atoms with Crippen LogP contribution in [0.2, 0.25) is 0 Å². The molecule has 0 aliphatic heterocycles. The summed E-state index contributed by atoms with van der Waals surface area (Å²) in [5.41, 5.74) is 1.75. The molecule has 0 aliphatic carbocycles. The van der Waals surface area contributed by atoms with E-state index in [9.17, 15) is 24.5 Å². The molecule has 1 unspecified atom stereocenters. The van der Waals surface area contributed by atoms with E-state index < -0.39 is 22.0 Å². The van der Waals surface area contributed by atoms with Crippen molar-refractivity contribution in [1.29, 1.82) is 0 Å². The third-order valence-electron chi connectivity index (χ3n) is 5.40. The van der Waals surface area contributed by atoms with Gasteiger partial charge in [0.05, 0.1) is 10.5 Å². The number of amides is 2. The fourth-order valence-corrected chi connectivity index (χ4v) is 4.64. The molecule has 0 bridgehead atoms.